The molecule has 1 aromatic carbocycles. The average Bonchev–Trinajstić information content (AvgIpc) is 3.35. The van der Waals surface area contributed by atoms with Crippen LogP contribution < -0.4 is 9.64 Å². The molecule has 1 aromatic heterocycles. The second-order valence-corrected chi connectivity index (χ2v) is 11.1. The van der Waals surface area contributed by atoms with Crippen molar-refractivity contribution in [3.05, 3.63) is 36.0 Å². The second-order valence-electron chi connectivity index (χ2n) is 9.20. The van der Waals surface area contributed by atoms with Crippen LogP contribution in [0.3, 0.4) is 0 Å². The highest BCUT2D eigenvalue weighted by Gasteiger charge is 2.36. The number of hydrogen-bond donors (Lipinski definition) is 0. The molecule has 0 radical (unpaired) electrons. The molecule has 0 bridgehead atoms. The lowest BCUT2D eigenvalue weighted by Crippen LogP contribution is -2.49. The molecule has 9 nitrogen and oxygen atoms in total. The normalized spacial score (nSPS) is 18.0. The van der Waals surface area contributed by atoms with Crippen molar-refractivity contribution in [1.82, 2.24) is 19.0 Å². The standard InChI is InChI=1S/C25H37N5O4S/c1-4-29-19-21(25(31)27(3)20-11-7-6-8-12-20)24(26-29)35(32,33)30-17-15-28(16-18-30)22-13-9-10-14-23(22)34-5-2/h9-10,13-14,19-20H,4-8,11-12,15-18H2,1-3H3. The van der Waals surface area contributed by atoms with Gasteiger partial charge in [-0.05, 0) is 38.8 Å². The summed E-state index contributed by atoms with van der Waals surface area (Å²) in [5.74, 6) is 0.533. The first kappa shape index (κ1) is 25.5. The van der Waals surface area contributed by atoms with Crippen molar-refractivity contribution in [2.45, 2.75) is 63.6 Å². The van der Waals surface area contributed by atoms with E-state index in [0.29, 0.717) is 39.3 Å². The van der Waals surface area contributed by atoms with Gasteiger partial charge in [-0.2, -0.15) is 9.40 Å². The molecule has 4 rings (SSSR count). The molecular weight excluding hydrogens is 466 g/mol. The highest BCUT2D eigenvalue weighted by Crippen LogP contribution is 2.30. The molecule has 1 amide bonds. The van der Waals surface area contributed by atoms with Crippen LogP contribution in [0.2, 0.25) is 0 Å². The minimum Gasteiger partial charge on any atom is -0.492 e. The Morgan fingerprint density at radius 3 is 2.43 bits per heavy atom. The van der Waals surface area contributed by atoms with E-state index in [0.717, 1.165) is 37.1 Å². The van der Waals surface area contributed by atoms with Crippen molar-refractivity contribution in [2.75, 3.05) is 44.7 Å². The van der Waals surface area contributed by atoms with Gasteiger partial charge in [-0.25, -0.2) is 8.42 Å². The van der Waals surface area contributed by atoms with Gasteiger partial charge in [0.2, 0.25) is 5.03 Å². The van der Waals surface area contributed by atoms with Crippen LogP contribution in [0, 0.1) is 0 Å². The molecule has 1 saturated heterocycles. The summed E-state index contributed by atoms with van der Waals surface area (Å²) in [6.07, 6.45) is 6.88. The van der Waals surface area contributed by atoms with E-state index in [4.69, 9.17) is 4.74 Å². The van der Waals surface area contributed by atoms with Crippen molar-refractivity contribution in [2.24, 2.45) is 0 Å². The number of ether oxygens (including phenoxy) is 1. The Bertz CT molecular complexity index is 1120. The first-order valence-corrected chi connectivity index (χ1v) is 14.1. The first-order chi connectivity index (χ1) is 16.9. The van der Waals surface area contributed by atoms with Gasteiger partial charge >= 0.3 is 0 Å². The number of anilines is 1. The van der Waals surface area contributed by atoms with Crippen molar-refractivity contribution >= 4 is 21.6 Å². The summed E-state index contributed by atoms with van der Waals surface area (Å²) in [7, 11) is -2.14. The van der Waals surface area contributed by atoms with Gasteiger partial charge in [0.15, 0.2) is 0 Å². The molecule has 192 valence electrons. The number of piperazine rings is 1. The molecule has 10 heteroatoms. The predicted octanol–water partition coefficient (Wildman–Crippen LogP) is 3.22. The highest BCUT2D eigenvalue weighted by atomic mass is 32.2. The number of para-hydroxylation sites is 2. The lowest BCUT2D eigenvalue weighted by atomic mass is 9.94. The van der Waals surface area contributed by atoms with Crippen LogP contribution in [0.15, 0.2) is 35.5 Å². The van der Waals surface area contributed by atoms with Gasteiger partial charge in [0, 0.05) is 52.0 Å². The molecule has 1 saturated carbocycles. The molecule has 2 aliphatic rings. The molecule has 1 aliphatic carbocycles. The number of carbonyl (C=O) groups excluding carboxylic acids is 1. The van der Waals surface area contributed by atoms with E-state index >= 15 is 0 Å². The third kappa shape index (κ3) is 5.33. The quantitative estimate of drug-likeness (QED) is 0.550. The van der Waals surface area contributed by atoms with Gasteiger partial charge in [-0.3, -0.25) is 9.48 Å². The van der Waals surface area contributed by atoms with Crippen LogP contribution in [-0.2, 0) is 16.6 Å². The van der Waals surface area contributed by atoms with Crippen molar-refractivity contribution < 1.29 is 17.9 Å². The number of carbonyl (C=O) groups is 1. The van der Waals surface area contributed by atoms with Crippen molar-refractivity contribution in [3.63, 3.8) is 0 Å². The number of benzene rings is 1. The monoisotopic (exact) mass is 503 g/mol. The number of rotatable bonds is 8. The summed E-state index contributed by atoms with van der Waals surface area (Å²) in [4.78, 5) is 17.3. The maximum Gasteiger partial charge on any atom is 0.263 e. The fraction of sp³-hybridized carbons (Fsp3) is 0.600. The summed E-state index contributed by atoms with van der Waals surface area (Å²) < 4.78 is 36.1. The van der Waals surface area contributed by atoms with E-state index in [9.17, 15) is 13.2 Å². The zero-order valence-electron chi connectivity index (χ0n) is 21.0. The number of sulfonamides is 1. The van der Waals surface area contributed by atoms with E-state index in [2.05, 4.69) is 10.00 Å². The Morgan fingerprint density at radius 1 is 1.09 bits per heavy atom. The smallest absolute Gasteiger partial charge is 0.263 e. The molecule has 0 unspecified atom stereocenters. The van der Waals surface area contributed by atoms with E-state index in [1.54, 1.807) is 22.8 Å². The number of aryl methyl sites for hydroxylation is 1. The number of nitrogens with zero attached hydrogens (tertiary/aromatic N) is 5. The Kier molecular flexibility index (Phi) is 8.01. The highest BCUT2D eigenvalue weighted by molar-refractivity contribution is 7.89. The average molecular weight is 504 g/mol. The molecule has 0 spiro atoms. The van der Waals surface area contributed by atoms with Gasteiger partial charge in [-0.15, -0.1) is 0 Å². The zero-order valence-corrected chi connectivity index (χ0v) is 21.8. The van der Waals surface area contributed by atoms with Crippen LogP contribution in [0.25, 0.3) is 0 Å². The summed E-state index contributed by atoms with van der Waals surface area (Å²) in [6, 6.07) is 7.96. The third-order valence-corrected chi connectivity index (χ3v) is 8.89. The second kappa shape index (κ2) is 11.0. The van der Waals surface area contributed by atoms with E-state index in [1.807, 2.05) is 38.1 Å². The SMILES string of the molecule is CCOc1ccccc1N1CCN(S(=O)(=O)c2nn(CC)cc2C(=O)N(C)C2CCCCC2)CC1. The van der Waals surface area contributed by atoms with Gasteiger partial charge in [0.25, 0.3) is 15.9 Å². The lowest BCUT2D eigenvalue weighted by molar-refractivity contribution is 0.0692. The molecule has 2 fully saturated rings. The van der Waals surface area contributed by atoms with Crippen molar-refractivity contribution in [1.29, 1.82) is 0 Å². The largest absolute Gasteiger partial charge is 0.492 e. The summed E-state index contributed by atoms with van der Waals surface area (Å²) in [6.45, 7) is 6.58. The Morgan fingerprint density at radius 2 is 1.77 bits per heavy atom. The summed E-state index contributed by atoms with van der Waals surface area (Å²) in [5.41, 5.74) is 1.13. The zero-order chi connectivity index (χ0) is 25.0. The Hall–Kier alpha value is -2.59. The lowest BCUT2D eigenvalue weighted by Gasteiger charge is -2.36. The Labute approximate surface area is 208 Å². The Balaban J connectivity index is 1.53. The van der Waals surface area contributed by atoms with Gasteiger partial charge < -0.3 is 14.5 Å². The van der Waals surface area contributed by atoms with Crippen LogP contribution in [0.1, 0.15) is 56.3 Å². The molecule has 2 heterocycles. The van der Waals surface area contributed by atoms with Gasteiger partial charge in [0.05, 0.1) is 17.9 Å². The maximum atomic E-state index is 13.7. The summed E-state index contributed by atoms with van der Waals surface area (Å²) in [5, 5.41) is 4.22. The van der Waals surface area contributed by atoms with E-state index < -0.39 is 10.0 Å². The maximum absolute atomic E-state index is 13.7. The van der Waals surface area contributed by atoms with Crippen molar-refractivity contribution in [3.8, 4) is 5.75 Å². The molecular formula is C25H37N5O4S. The van der Waals surface area contributed by atoms with Crippen LogP contribution in [-0.4, -0.2) is 79.2 Å². The minimum absolute atomic E-state index is 0.129. The van der Waals surface area contributed by atoms with Gasteiger partial charge in [-0.1, -0.05) is 31.4 Å². The van der Waals surface area contributed by atoms with Crippen LogP contribution in [0.5, 0.6) is 5.75 Å². The fourth-order valence-corrected chi connectivity index (χ4v) is 6.53. The van der Waals surface area contributed by atoms with E-state index in [-0.39, 0.29) is 22.5 Å². The number of hydrogen-bond acceptors (Lipinski definition) is 6. The first-order valence-electron chi connectivity index (χ1n) is 12.7. The third-order valence-electron chi connectivity index (χ3n) is 7.05. The van der Waals surface area contributed by atoms with Crippen LogP contribution >= 0.6 is 0 Å². The summed E-state index contributed by atoms with van der Waals surface area (Å²) >= 11 is 0. The molecule has 2 aromatic rings. The molecule has 0 N–H and O–H groups in total. The molecule has 35 heavy (non-hydrogen) atoms. The number of aromatic nitrogens is 2. The van der Waals surface area contributed by atoms with Crippen LogP contribution in [0.4, 0.5) is 5.69 Å². The number of amides is 1. The molecule has 0 atom stereocenters. The van der Waals surface area contributed by atoms with Gasteiger partial charge in [0.1, 0.15) is 5.75 Å². The minimum atomic E-state index is -3.92. The molecule has 1 aliphatic heterocycles. The predicted molar refractivity (Wildman–Crippen MR) is 135 cm³/mol. The topological polar surface area (TPSA) is 88.0 Å². The fourth-order valence-electron chi connectivity index (χ4n) is 5.01. The van der Waals surface area contributed by atoms with E-state index in [1.165, 1.54) is 10.7 Å².